The van der Waals surface area contributed by atoms with Crippen molar-refractivity contribution in [3.05, 3.63) is 62.7 Å². The van der Waals surface area contributed by atoms with Gasteiger partial charge in [0.15, 0.2) is 5.82 Å². The molecule has 2 aliphatic rings. The van der Waals surface area contributed by atoms with E-state index < -0.39 is 28.2 Å². The average molecular weight is 595 g/mol. The fourth-order valence-electron chi connectivity index (χ4n) is 6.19. The highest BCUT2D eigenvalue weighted by Gasteiger charge is 2.25. The van der Waals surface area contributed by atoms with Crippen LogP contribution in [0.15, 0.2) is 45.2 Å². The lowest BCUT2D eigenvalue weighted by atomic mass is 9.92. The van der Waals surface area contributed by atoms with E-state index in [2.05, 4.69) is 47.5 Å². The number of rotatable bonds is 9. The number of benzene rings is 1. The van der Waals surface area contributed by atoms with Crippen molar-refractivity contribution in [1.29, 1.82) is 0 Å². The monoisotopic (exact) mass is 594 g/mol. The molecule has 0 bridgehead atoms. The summed E-state index contributed by atoms with van der Waals surface area (Å²) in [5, 5.41) is 10.0. The summed E-state index contributed by atoms with van der Waals surface area (Å²) in [6.45, 7) is 3.51. The Labute approximate surface area is 245 Å². The van der Waals surface area contributed by atoms with E-state index in [0.717, 1.165) is 75.8 Å². The van der Waals surface area contributed by atoms with Gasteiger partial charge in [-0.2, -0.15) is 4.98 Å². The molecule has 6 rings (SSSR count). The summed E-state index contributed by atoms with van der Waals surface area (Å²) in [6.07, 6.45) is 9.30. The van der Waals surface area contributed by atoms with Crippen molar-refractivity contribution < 1.29 is 8.94 Å². The lowest BCUT2D eigenvalue weighted by Gasteiger charge is -2.33. The van der Waals surface area contributed by atoms with Gasteiger partial charge in [0.2, 0.25) is 5.95 Å². The van der Waals surface area contributed by atoms with Crippen LogP contribution in [-0.4, -0.2) is 53.1 Å². The number of pyridine rings is 1. The lowest BCUT2D eigenvalue weighted by molar-refractivity contribution is 0.378. The molecule has 1 atom stereocenters. The quantitative estimate of drug-likeness (QED) is 0.243. The molecule has 13 heteroatoms. The van der Waals surface area contributed by atoms with Crippen molar-refractivity contribution in [2.45, 2.75) is 69.5 Å². The van der Waals surface area contributed by atoms with Crippen LogP contribution >= 0.6 is 0 Å². The van der Waals surface area contributed by atoms with E-state index in [1.165, 1.54) is 4.57 Å². The SMILES string of the molecule is Cc1c(F)c(=O)n(C2CCCC2)c2nc(Nc3ccc(N4CCC(CCC[S+]([O-])c5n[nH]c(=O)[nH]5)CC4)cc3)ncc12. The number of hydrogen-bond donors (Lipinski definition) is 3. The Hall–Kier alpha value is -3.71. The van der Waals surface area contributed by atoms with Gasteiger partial charge in [-0.3, -0.25) is 9.36 Å². The number of fused-ring (bicyclic) bond motifs is 1. The Balaban J connectivity index is 1.06. The van der Waals surface area contributed by atoms with Gasteiger partial charge in [-0.1, -0.05) is 12.8 Å². The third-order valence-electron chi connectivity index (χ3n) is 8.57. The summed E-state index contributed by atoms with van der Waals surface area (Å²) in [5.74, 6) is 0.721. The normalized spacial score (nSPS) is 17.3. The van der Waals surface area contributed by atoms with Crippen LogP contribution < -0.4 is 21.5 Å². The third kappa shape index (κ3) is 5.93. The molecule has 0 spiro atoms. The van der Waals surface area contributed by atoms with E-state index in [1.807, 2.05) is 12.1 Å². The van der Waals surface area contributed by atoms with Crippen molar-refractivity contribution >= 4 is 39.5 Å². The molecule has 4 heterocycles. The number of halogens is 1. The second-order valence-corrected chi connectivity index (χ2v) is 12.7. The molecule has 3 N–H and O–H groups in total. The molecule has 1 aliphatic heterocycles. The van der Waals surface area contributed by atoms with E-state index in [1.54, 1.807) is 13.1 Å². The predicted octanol–water partition coefficient (Wildman–Crippen LogP) is 4.31. The molecule has 222 valence electrons. The van der Waals surface area contributed by atoms with Crippen molar-refractivity contribution in [1.82, 2.24) is 29.7 Å². The number of piperidine rings is 1. The topological polar surface area (TPSA) is 148 Å². The van der Waals surface area contributed by atoms with Gasteiger partial charge < -0.3 is 14.8 Å². The number of nitrogens with one attached hydrogen (secondary N) is 3. The maximum atomic E-state index is 14.7. The van der Waals surface area contributed by atoms with Crippen molar-refractivity contribution in [2.75, 3.05) is 29.1 Å². The number of nitrogens with zero attached hydrogens (tertiary/aromatic N) is 5. The summed E-state index contributed by atoms with van der Waals surface area (Å²) in [6, 6.07) is 8.09. The fraction of sp³-hybridized carbons (Fsp3) is 0.483. The molecule has 1 saturated heterocycles. The molecular weight excluding hydrogens is 559 g/mol. The van der Waals surface area contributed by atoms with Crippen molar-refractivity contribution in [2.24, 2.45) is 5.92 Å². The number of hydrogen-bond acceptors (Lipinski definition) is 8. The van der Waals surface area contributed by atoms with Crippen LogP contribution in [0.3, 0.4) is 0 Å². The van der Waals surface area contributed by atoms with E-state index in [4.69, 9.17) is 0 Å². The minimum absolute atomic E-state index is 0.0427. The summed E-state index contributed by atoms with van der Waals surface area (Å²) >= 11 is -1.29. The van der Waals surface area contributed by atoms with Gasteiger partial charge in [0, 0.05) is 58.8 Å². The number of aromatic nitrogens is 6. The van der Waals surface area contributed by atoms with Crippen LogP contribution in [0.5, 0.6) is 0 Å². The largest absolute Gasteiger partial charge is 0.609 e. The first kappa shape index (κ1) is 28.4. The zero-order valence-corrected chi connectivity index (χ0v) is 24.4. The Morgan fingerprint density at radius 2 is 1.86 bits per heavy atom. The Bertz CT molecular complexity index is 1660. The standard InChI is InChI=1S/C29H35FN8O3S/c1-18-23-17-31-27(33-25(23)38(26(39)24(18)30)22-6-2-3-7-22)32-20-8-10-21(11-9-20)37-14-12-19(13-15-37)5-4-16-42(41)29-34-28(40)35-36-29/h8-11,17,19,22H,2-7,12-16H2,1H3,(H,31,32,33)(H2,34,35,36,40). The Morgan fingerprint density at radius 3 is 2.55 bits per heavy atom. The molecule has 0 amide bonds. The lowest BCUT2D eigenvalue weighted by Crippen LogP contribution is -2.33. The number of anilines is 3. The highest BCUT2D eigenvalue weighted by molar-refractivity contribution is 7.91. The average Bonchev–Trinajstić information content (AvgIpc) is 3.69. The summed E-state index contributed by atoms with van der Waals surface area (Å²) in [4.78, 5) is 38.0. The molecule has 4 aromatic rings. The molecule has 0 radical (unpaired) electrons. The number of aryl methyl sites for hydroxylation is 1. The number of aromatic amines is 2. The minimum Gasteiger partial charge on any atom is -0.609 e. The zero-order valence-electron chi connectivity index (χ0n) is 23.6. The number of H-pyrrole nitrogens is 2. The molecule has 1 saturated carbocycles. The van der Waals surface area contributed by atoms with Gasteiger partial charge in [-0.25, -0.2) is 24.3 Å². The molecule has 3 aromatic heterocycles. The summed E-state index contributed by atoms with van der Waals surface area (Å²) < 4.78 is 28.5. The first-order valence-corrected chi connectivity index (χ1v) is 15.9. The summed E-state index contributed by atoms with van der Waals surface area (Å²) in [5.41, 5.74) is 1.69. The van der Waals surface area contributed by atoms with Gasteiger partial charge in [-0.05, 0) is 75.6 Å². The smallest absolute Gasteiger partial charge is 0.344 e. The minimum atomic E-state index is -1.29. The van der Waals surface area contributed by atoms with Crippen LogP contribution in [0.4, 0.5) is 21.7 Å². The molecule has 2 fully saturated rings. The van der Waals surface area contributed by atoms with Crippen LogP contribution in [-0.2, 0) is 11.2 Å². The highest BCUT2D eigenvalue weighted by Crippen LogP contribution is 2.32. The van der Waals surface area contributed by atoms with Crippen molar-refractivity contribution in [3.63, 3.8) is 0 Å². The van der Waals surface area contributed by atoms with Crippen LogP contribution in [0, 0.1) is 18.7 Å². The van der Waals surface area contributed by atoms with Crippen LogP contribution in [0.1, 0.15) is 63.0 Å². The van der Waals surface area contributed by atoms with Gasteiger partial charge in [0.05, 0.1) is 0 Å². The Morgan fingerprint density at radius 1 is 1.12 bits per heavy atom. The van der Waals surface area contributed by atoms with Gasteiger partial charge in [0.25, 0.3) is 5.56 Å². The predicted molar refractivity (Wildman–Crippen MR) is 160 cm³/mol. The van der Waals surface area contributed by atoms with Gasteiger partial charge in [0.1, 0.15) is 11.4 Å². The molecule has 42 heavy (non-hydrogen) atoms. The van der Waals surface area contributed by atoms with E-state index >= 15 is 0 Å². The molecule has 11 nitrogen and oxygen atoms in total. The van der Waals surface area contributed by atoms with Crippen LogP contribution in [0.25, 0.3) is 11.0 Å². The maximum Gasteiger partial charge on any atom is 0.344 e. The maximum absolute atomic E-state index is 14.7. The van der Waals surface area contributed by atoms with E-state index in [9.17, 15) is 18.5 Å². The second kappa shape index (κ2) is 12.3. The zero-order chi connectivity index (χ0) is 29.2. The third-order valence-corrected chi connectivity index (χ3v) is 9.85. The highest BCUT2D eigenvalue weighted by atomic mass is 32.2. The van der Waals surface area contributed by atoms with E-state index in [-0.39, 0.29) is 16.8 Å². The van der Waals surface area contributed by atoms with Crippen molar-refractivity contribution in [3.8, 4) is 0 Å². The molecular formula is C29H35FN8O3S. The van der Waals surface area contributed by atoms with Gasteiger partial charge >= 0.3 is 10.8 Å². The summed E-state index contributed by atoms with van der Waals surface area (Å²) in [7, 11) is 0. The molecule has 1 aliphatic carbocycles. The first-order chi connectivity index (χ1) is 20.4. The fourth-order valence-corrected chi connectivity index (χ4v) is 7.17. The van der Waals surface area contributed by atoms with E-state index in [0.29, 0.717) is 28.7 Å². The first-order valence-electron chi connectivity index (χ1n) is 14.6. The van der Waals surface area contributed by atoms with Gasteiger partial charge in [-0.15, -0.1) is 5.10 Å². The Kier molecular flexibility index (Phi) is 8.29. The molecule has 1 aromatic carbocycles. The molecule has 1 unspecified atom stereocenters. The second-order valence-electron chi connectivity index (χ2n) is 11.3. The van der Waals surface area contributed by atoms with Crippen LogP contribution in [0.2, 0.25) is 0 Å².